The van der Waals surface area contributed by atoms with Gasteiger partial charge in [0.2, 0.25) is 0 Å². The predicted molar refractivity (Wildman–Crippen MR) is 83.5 cm³/mol. The molecule has 2 aromatic carbocycles. The Hall–Kier alpha value is -1.71. The SMILES string of the molecule is CCC(NCc1ccc(C)cc1)C(O)c1ccc(F)cc1. The average Bonchev–Trinajstić information content (AvgIpc) is 2.50. The number of hydrogen-bond donors (Lipinski definition) is 2. The number of halogens is 1. The fourth-order valence-corrected chi connectivity index (χ4v) is 2.33. The molecule has 2 aromatic rings. The minimum absolute atomic E-state index is 0.0586. The fourth-order valence-electron chi connectivity index (χ4n) is 2.33. The third-order valence-corrected chi connectivity index (χ3v) is 3.72. The number of rotatable bonds is 6. The van der Waals surface area contributed by atoms with Crippen LogP contribution in [0, 0.1) is 12.7 Å². The standard InChI is InChI=1S/C18H22FNO/c1-3-17(18(21)15-8-10-16(19)11-9-15)20-12-14-6-4-13(2)5-7-14/h4-11,17-18,20-21H,3,12H2,1-2H3. The van der Waals surface area contributed by atoms with Crippen LogP contribution in [0.15, 0.2) is 48.5 Å². The Balaban J connectivity index is 1.98. The quantitative estimate of drug-likeness (QED) is 0.848. The molecule has 0 aromatic heterocycles. The lowest BCUT2D eigenvalue weighted by Gasteiger charge is -2.23. The van der Waals surface area contributed by atoms with Gasteiger partial charge in [-0.05, 0) is 36.6 Å². The summed E-state index contributed by atoms with van der Waals surface area (Å²) in [6.07, 6.45) is 0.158. The van der Waals surface area contributed by atoms with Crippen LogP contribution in [-0.2, 0) is 6.54 Å². The van der Waals surface area contributed by atoms with E-state index in [4.69, 9.17) is 0 Å². The Morgan fingerprint density at radius 3 is 2.24 bits per heavy atom. The van der Waals surface area contributed by atoms with Crippen molar-refractivity contribution in [3.05, 3.63) is 71.0 Å². The van der Waals surface area contributed by atoms with Crippen LogP contribution in [0.2, 0.25) is 0 Å². The van der Waals surface area contributed by atoms with E-state index >= 15 is 0 Å². The highest BCUT2D eigenvalue weighted by molar-refractivity contribution is 5.22. The van der Waals surface area contributed by atoms with Crippen molar-refractivity contribution in [2.24, 2.45) is 0 Å². The lowest BCUT2D eigenvalue weighted by atomic mass is 10.00. The molecule has 21 heavy (non-hydrogen) atoms. The summed E-state index contributed by atoms with van der Waals surface area (Å²) in [6, 6.07) is 14.3. The van der Waals surface area contributed by atoms with E-state index in [1.165, 1.54) is 23.3 Å². The maximum atomic E-state index is 12.9. The first-order valence-corrected chi connectivity index (χ1v) is 7.32. The van der Waals surface area contributed by atoms with Crippen LogP contribution >= 0.6 is 0 Å². The van der Waals surface area contributed by atoms with Crippen LogP contribution in [0.5, 0.6) is 0 Å². The summed E-state index contributed by atoms with van der Waals surface area (Å²) in [5.41, 5.74) is 3.15. The van der Waals surface area contributed by atoms with Crippen molar-refractivity contribution in [2.75, 3.05) is 0 Å². The summed E-state index contributed by atoms with van der Waals surface area (Å²) in [7, 11) is 0. The fraction of sp³-hybridized carbons (Fsp3) is 0.333. The Morgan fingerprint density at radius 2 is 1.67 bits per heavy atom. The minimum atomic E-state index is -0.638. The van der Waals surface area contributed by atoms with Gasteiger partial charge in [-0.25, -0.2) is 4.39 Å². The van der Waals surface area contributed by atoms with Crippen molar-refractivity contribution >= 4 is 0 Å². The van der Waals surface area contributed by atoms with Crippen molar-refractivity contribution in [1.29, 1.82) is 0 Å². The molecule has 0 fully saturated rings. The smallest absolute Gasteiger partial charge is 0.123 e. The van der Waals surface area contributed by atoms with Crippen LogP contribution in [0.3, 0.4) is 0 Å². The average molecular weight is 287 g/mol. The van der Waals surface area contributed by atoms with Gasteiger partial charge in [0.1, 0.15) is 5.82 Å². The lowest BCUT2D eigenvalue weighted by molar-refractivity contribution is 0.125. The maximum absolute atomic E-state index is 12.9. The highest BCUT2D eigenvalue weighted by Gasteiger charge is 2.18. The zero-order valence-corrected chi connectivity index (χ0v) is 12.5. The number of aliphatic hydroxyl groups excluding tert-OH is 1. The summed E-state index contributed by atoms with van der Waals surface area (Å²) in [5.74, 6) is -0.286. The Bertz CT molecular complexity index is 550. The number of aliphatic hydroxyl groups is 1. The molecule has 112 valence electrons. The first-order valence-electron chi connectivity index (χ1n) is 7.32. The molecule has 0 aliphatic carbocycles. The number of nitrogens with one attached hydrogen (secondary N) is 1. The van der Waals surface area contributed by atoms with E-state index < -0.39 is 6.10 Å². The Morgan fingerprint density at radius 1 is 1.05 bits per heavy atom. The largest absolute Gasteiger partial charge is 0.387 e. The second-order valence-electron chi connectivity index (χ2n) is 5.38. The van der Waals surface area contributed by atoms with Gasteiger partial charge in [-0.15, -0.1) is 0 Å². The zero-order chi connectivity index (χ0) is 15.2. The minimum Gasteiger partial charge on any atom is -0.387 e. The van der Waals surface area contributed by atoms with Gasteiger partial charge in [0, 0.05) is 12.6 Å². The summed E-state index contributed by atoms with van der Waals surface area (Å²) in [5, 5.41) is 13.8. The topological polar surface area (TPSA) is 32.3 Å². The molecule has 0 bridgehead atoms. The van der Waals surface area contributed by atoms with E-state index in [1.54, 1.807) is 12.1 Å². The van der Waals surface area contributed by atoms with Gasteiger partial charge in [-0.1, -0.05) is 48.9 Å². The van der Waals surface area contributed by atoms with Crippen molar-refractivity contribution in [2.45, 2.75) is 39.0 Å². The van der Waals surface area contributed by atoms with Crippen molar-refractivity contribution in [1.82, 2.24) is 5.32 Å². The first-order chi connectivity index (χ1) is 10.1. The summed E-state index contributed by atoms with van der Waals surface area (Å²) < 4.78 is 12.9. The third-order valence-electron chi connectivity index (χ3n) is 3.72. The summed E-state index contributed by atoms with van der Waals surface area (Å²) in [4.78, 5) is 0. The van der Waals surface area contributed by atoms with Crippen molar-refractivity contribution in [3.63, 3.8) is 0 Å². The molecule has 2 atom stereocenters. The van der Waals surface area contributed by atoms with E-state index in [1.807, 2.05) is 6.92 Å². The van der Waals surface area contributed by atoms with Gasteiger partial charge in [0.05, 0.1) is 6.10 Å². The Kier molecular flexibility index (Phi) is 5.48. The molecule has 0 saturated carbocycles. The highest BCUT2D eigenvalue weighted by Crippen LogP contribution is 2.19. The van der Waals surface area contributed by atoms with Crippen LogP contribution in [0.25, 0.3) is 0 Å². The molecule has 0 aliphatic rings. The molecule has 2 nitrogen and oxygen atoms in total. The number of benzene rings is 2. The van der Waals surface area contributed by atoms with E-state index in [0.29, 0.717) is 6.54 Å². The van der Waals surface area contributed by atoms with Gasteiger partial charge in [-0.3, -0.25) is 0 Å². The molecule has 2 rings (SSSR count). The second kappa shape index (κ2) is 7.34. The van der Waals surface area contributed by atoms with Crippen molar-refractivity contribution in [3.8, 4) is 0 Å². The first kappa shape index (κ1) is 15.7. The van der Waals surface area contributed by atoms with E-state index in [0.717, 1.165) is 12.0 Å². The molecule has 0 spiro atoms. The molecule has 0 amide bonds. The molecular formula is C18H22FNO. The van der Waals surface area contributed by atoms with E-state index in [-0.39, 0.29) is 11.9 Å². The molecule has 0 saturated heterocycles. The summed E-state index contributed by atoms with van der Waals surface area (Å²) >= 11 is 0. The van der Waals surface area contributed by atoms with Crippen LogP contribution in [0.1, 0.15) is 36.1 Å². The summed E-state index contributed by atoms with van der Waals surface area (Å²) in [6.45, 7) is 4.79. The van der Waals surface area contributed by atoms with Gasteiger partial charge < -0.3 is 10.4 Å². The third kappa shape index (κ3) is 4.38. The molecule has 0 aliphatic heterocycles. The maximum Gasteiger partial charge on any atom is 0.123 e. The number of hydrogen-bond acceptors (Lipinski definition) is 2. The molecular weight excluding hydrogens is 265 g/mol. The normalized spacial score (nSPS) is 13.9. The van der Waals surface area contributed by atoms with Crippen LogP contribution < -0.4 is 5.32 Å². The predicted octanol–water partition coefficient (Wildman–Crippen LogP) is 3.74. The zero-order valence-electron chi connectivity index (χ0n) is 12.5. The van der Waals surface area contributed by atoms with E-state index in [2.05, 4.69) is 36.5 Å². The second-order valence-corrected chi connectivity index (χ2v) is 5.38. The lowest BCUT2D eigenvalue weighted by Crippen LogP contribution is -2.34. The van der Waals surface area contributed by atoms with Crippen molar-refractivity contribution < 1.29 is 9.50 Å². The van der Waals surface area contributed by atoms with Gasteiger partial charge in [-0.2, -0.15) is 0 Å². The Labute approximate surface area is 125 Å². The van der Waals surface area contributed by atoms with Gasteiger partial charge in [0.15, 0.2) is 0 Å². The molecule has 0 radical (unpaired) electrons. The van der Waals surface area contributed by atoms with Crippen LogP contribution in [0.4, 0.5) is 4.39 Å². The highest BCUT2D eigenvalue weighted by atomic mass is 19.1. The molecule has 3 heteroatoms. The van der Waals surface area contributed by atoms with Gasteiger partial charge in [0.25, 0.3) is 0 Å². The van der Waals surface area contributed by atoms with Crippen LogP contribution in [-0.4, -0.2) is 11.1 Å². The molecule has 2 N–H and O–H groups in total. The monoisotopic (exact) mass is 287 g/mol. The molecule has 0 heterocycles. The van der Waals surface area contributed by atoms with E-state index in [9.17, 15) is 9.50 Å². The molecule has 2 unspecified atom stereocenters. The van der Waals surface area contributed by atoms with Gasteiger partial charge >= 0.3 is 0 Å². The number of aryl methyl sites for hydroxylation is 1.